The monoisotopic (exact) mass is 311 g/mol. The molecule has 2 aromatic carbocycles. The molecule has 0 saturated carbocycles. The molecule has 0 radical (unpaired) electrons. The number of carbonyl (C=O) groups is 1. The van der Waals surface area contributed by atoms with E-state index in [0.29, 0.717) is 12.3 Å². The van der Waals surface area contributed by atoms with Crippen molar-refractivity contribution < 1.29 is 14.3 Å². The van der Waals surface area contributed by atoms with Gasteiger partial charge in [0, 0.05) is 6.54 Å². The molecule has 0 saturated heterocycles. The van der Waals surface area contributed by atoms with Gasteiger partial charge >= 0.3 is 0 Å². The van der Waals surface area contributed by atoms with Crippen LogP contribution in [0, 0.1) is 6.92 Å². The van der Waals surface area contributed by atoms with E-state index >= 15 is 0 Å². The minimum absolute atomic E-state index is 0.0253. The summed E-state index contributed by atoms with van der Waals surface area (Å²) in [7, 11) is 0. The fourth-order valence-electron chi connectivity index (χ4n) is 2.63. The average Bonchev–Trinajstić information content (AvgIpc) is 2.58. The van der Waals surface area contributed by atoms with Gasteiger partial charge in [-0.15, -0.1) is 0 Å². The molecule has 1 heterocycles. The average molecular weight is 311 g/mol. The van der Waals surface area contributed by atoms with Gasteiger partial charge in [-0.05, 0) is 54.7 Å². The second kappa shape index (κ2) is 7.18. The number of benzene rings is 2. The van der Waals surface area contributed by atoms with E-state index in [1.165, 1.54) is 5.56 Å². The van der Waals surface area contributed by atoms with Crippen LogP contribution in [-0.4, -0.2) is 19.1 Å². The number of nitrogens with one attached hydrogen (secondary N) is 1. The SMILES string of the molecule is Cc1cccc(OCC(=O)NCc2ccc3c(c2)CCCO3)c1. The van der Waals surface area contributed by atoms with E-state index in [4.69, 9.17) is 9.47 Å². The summed E-state index contributed by atoms with van der Waals surface area (Å²) in [5, 5.41) is 2.89. The van der Waals surface area contributed by atoms with E-state index < -0.39 is 0 Å². The zero-order valence-corrected chi connectivity index (χ0v) is 13.3. The molecular formula is C19H21NO3. The molecule has 1 aliphatic heterocycles. The predicted octanol–water partition coefficient (Wildman–Crippen LogP) is 3.02. The molecule has 1 N–H and O–H groups in total. The minimum atomic E-state index is -0.125. The van der Waals surface area contributed by atoms with E-state index in [1.54, 1.807) is 0 Å². The lowest BCUT2D eigenvalue weighted by atomic mass is 10.0. The second-order valence-corrected chi connectivity index (χ2v) is 5.78. The third-order valence-corrected chi connectivity index (χ3v) is 3.82. The van der Waals surface area contributed by atoms with Crippen LogP contribution in [0.2, 0.25) is 0 Å². The normalized spacial score (nSPS) is 12.9. The summed E-state index contributed by atoms with van der Waals surface area (Å²) in [6.45, 7) is 3.31. The van der Waals surface area contributed by atoms with Gasteiger partial charge in [-0.25, -0.2) is 0 Å². The Balaban J connectivity index is 1.49. The van der Waals surface area contributed by atoms with Gasteiger partial charge in [-0.2, -0.15) is 0 Å². The zero-order valence-electron chi connectivity index (χ0n) is 13.3. The van der Waals surface area contributed by atoms with Crippen molar-refractivity contribution >= 4 is 5.91 Å². The maximum atomic E-state index is 11.9. The van der Waals surface area contributed by atoms with E-state index in [9.17, 15) is 4.79 Å². The second-order valence-electron chi connectivity index (χ2n) is 5.78. The Morgan fingerprint density at radius 2 is 2.17 bits per heavy atom. The lowest BCUT2D eigenvalue weighted by Gasteiger charge is -2.18. The highest BCUT2D eigenvalue weighted by Gasteiger charge is 2.11. The third-order valence-electron chi connectivity index (χ3n) is 3.82. The maximum absolute atomic E-state index is 11.9. The quantitative estimate of drug-likeness (QED) is 0.923. The summed E-state index contributed by atoms with van der Waals surface area (Å²) in [5.41, 5.74) is 3.41. The number of ether oxygens (including phenoxy) is 2. The molecular weight excluding hydrogens is 290 g/mol. The molecule has 0 fully saturated rings. The number of rotatable bonds is 5. The van der Waals surface area contributed by atoms with Crippen molar-refractivity contribution in [2.45, 2.75) is 26.3 Å². The number of hydrogen-bond donors (Lipinski definition) is 1. The van der Waals surface area contributed by atoms with Crippen LogP contribution < -0.4 is 14.8 Å². The van der Waals surface area contributed by atoms with Crippen LogP contribution in [0.3, 0.4) is 0 Å². The van der Waals surface area contributed by atoms with Gasteiger partial charge in [0.1, 0.15) is 11.5 Å². The molecule has 0 spiro atoms. The molecule has 0 aliphatic carbocycles. The molecule has 2 aromatic rings. The first kappa shape index (κ1) is 15.4. The number of aryl methyl sites for hydroxylation is 2. The lowest BCUT2D eigenvalue weighted by Crippen LogP contribution is -2.28. The van der Waals surface area contributed by atoms with Crippen molar-refractivity contribution in [2.24, 2.45) is 0 Å². The van der Waals surface area contributed by atoms with Gasteiger partial charge in [0.15, 0.2) is 6.61 Å². The van der Waals surface area contributed by atoms with Gasteiger partial charge in [-0.1, -0.05) is 24.3 Å². The molecule has 0 unspecified atom stereocenters. The Labute approximate surface area is 136 Å². The molecule has 0 bridgehead atoms. The Morgan fingerprint density at radius 3 is 3.04 bits per heavy atom. The van der Waals surface area contributed by atoms with E-state index in [0.717, 1.165) is 36.3 Å². The van der Waals surface area contributed by atoms with Gasteiger partial charge in [0.25, 0.3) is 5.91 Å². The van der Waals surface area contributed by atoms with Gasteiger partial charge < -0.3 is 14.8 Å². The lowest BCUT2D eigenvalue weighted by molar-refractivity contribution is -0.123. The summed E-state index contributed by atoms with van der Waals surface area (Å²) in [4.78, 5) is 11.9. The molecule has 1 amide bonds. The van der Waals surface area contributed by atoms with Crippen LogP contribution >= 0.6 is 0 Å². The van der Waals surface area contributed by atoms with Crippen molar-refractivity contribution in [3.63, 3.8) is 0 Å². The van der Waals surface area contributed by atoms with Crippen LogP contribution in [0.15, 0.2) is 42.5 Å². The first-order valence-corrected chi connectivity index (χ1v) is 7.91. The number of hydrogen-bond acceptors (Lipinski definition) is 3. The Kier molecular flexibility index (Phi) is 4.81. The van der Waals surface area contributed by atoms with Crippen molar-refractivity contribution in [2.75, 3.05) is 13.2 Å². The molecule has 120 valence electrons. The highest BCUT2D eigenvalue weighted by molar-refractivity contribution is 5.77. The van der Waals surface area contributed by atoms with Gasteiger partial charge in [0.2, 0.25) is 0 Å². The van der Waals surface area contributed by atoms with Crippen molar-refractivity contribution in [3.05, 3.63) is 59.2 Å². The summed E-state index contributed by atoms with van der Waals surface area (Å²) < 4.78 is 11.1. The van der Waals surface area contributed by atoms with Crippen LogP contribution in [0.5, 0.6) is 11.5 Å². The van der Waals surface area contributed by atoms with Crippen LogP contribution in [0.25, 0.3) is 0 Å². The fourth-order valence-corrected chi connectivity index (χ4v) is 2.63. The third kappa shape index (κ3) is 4.25. The topological polar surface area (TPSA) is 47.6 Å². The molecule has 4 heteroatoms. The summed E-state index contributed by atoms with van der Waals surface area (Å²) in [6, 6.07) is 13.8. The maximum Gasteiger partial charge on any atom is 0.258 e. The predicted molar refractivity (Wildman–Crippen MR) is 88.8 cm³/mol. The van der Waals surface area contributed by atoms with E-state index in [1.807, 2.05) is 43.3 Å². The molecule has 3 rings (SSSR count). The van der Waals surface area contributed by atoms with E-state index in [-0.39, 0.29) is 12.5 Å². The highest BCUT2D eigenvalue weighted by Crippen LogP contribution is 2.25. The first-order chi connectivity index (χ1) is 11.2. The summed E-state index contributed by atoms with van der Waals surface area (Å²) in [6.07, 6.45) is 2.08. The standard InChI is InChI=1S/C19H21NO3/c1-14-4-2-6-17(10-14)23-13-19(21)20-12-15-7-8-18-16(11-15)5-3-9-22-18/h2,4,6-8,10-11H,3,5,9,12-13H2,1H3,(H,20,21). The van der Waals surface area contributed by atoms with Crippen molar-refractivity contribution in [3.8, 4) is 11.5 Å². The number of fused-ring (bicyclic) bond motifs is 1. The zero-order chi connectivity index (χ0) is 16.1. The molecule has 0 aromatic heterocycles. The first-order valence-electron chi connectivity index (χ1n) is 7.91. The largest absolute Gasteiger partial charge is 0.493 e. The number of carbonyl (C=O) groups excluding carboxylic acids is 1. The molecule has 23 heavy (non-hydrogen) atoms. The minimum Gasteiger partial charge on any atom is -0.493 e. The van der Waals surface area contributed by atoms with Crippen LogP contribution in [0.4, 0.5) is 0 Å². The Bertz CT molecular complexity index is 697. The van der Waals surface area contributed by atoms with Gasteiger partial charge in [-0.3, -0.25) is 4.79 Å². The Morgan fingerprint density at radius 1 is 1.26 bits per heavy atom. The van der Waals surface area contributed by atoms with Crippen LogP contribution in [-0.2, 0) is 17.8 Å². The van der Waals surface area contributed by atoms with E-state index in [2.05, 4.69) is 11.4 Å². The number of amides is 1. The summed E-state index contributed by atoms with van der Waals surface area (Å²) in [5.74, 6) is 1.56. The summed E-state index contributed by atoms with van der Waals surface area (Å²) >= 11 is 0. The fraction of sp³-hybridized carbons (Fsp3) is 0.316. The molecule has 1 aliphatic rings. The Hall–Kier alpha value is -2.49. The van der Waals surface area contributed by atoms with Crippen molar-refractivity contribution in [1.82, 2.24) is 5.32 Å². The molecule has 0 atom stereocenters. The highest BCUT2D eigenvalue weighted by atomic mass is 16.5. The van der Waals surface area contributed by atoms with Crippen LogP contribution in [0.1, 0.15) is 23.1 Å². The molecule has 4 nitrogen and oxygen atoms in total. The van der Waals surface area contributed by atoms with Gasteiger partial charge in [0.05, 0.1) is 6.61 Å². The van der Waals surface area contributed by atoms with Crippen molar-refractivity contribution in [1.29, 1.82) is 0 Å². The smallest absolute Gasteiger partial charge is 0.258 e.